The molecule has 0 amide bonds. The number of aromatic amines is 1. The van der Waals surface area contributed by atoms with Crippen LogP contribution in [0.25, 0.3) is 11.5 Å². The van der Waals surface area contributed by atoms with Gasteiger partial charge >= 0.3 is 0 Å². The van der Waals surface area contributed by atoms with Crippen molar-refractivity contribution in [2.45, 2.75) is 0 Å². The molecule has 1 heterocycles. The summed E-state index contributed by atoms with van der Waals surface area (Å²) in [5.74, 6) is -0.171. The first kappa shape index (κ1) is 11.9. The molecule has 0 saturated carbocycles. The molecule has 18 heavy (non-hydrogen) atoms. The minimum absolute atomic E-state index is 0.0780. The average molecular weight is 268 g/mol. The molecule has 1 aromatic carbocycles. The van der Waals surface area contributed by atoms with Crippen LogP contribution in [-0.2, 0) is 0 Å². The molecule has 9 nitrogen and oxygen atoms in total. The van der Waals surface area contributed by atoms with E-state index in [1.54, 1.807) is 0 Å². The molecule has 0 aliphatic carbocycles. The standard InChI is InChI=1S/C8H4N4O5S/c13-11(14)4-1-2-6(12(15)16)5(3-4)7-9-10-8(18)17-7/h1-3H,(H,10,18). The van der Waals surface area contributed by atoms with Crippen LogP contribution in [0, 0.1) is 25.1 Å². The zero-order valence-electron chi connectivity index (χ0n) is 8.52. The molecule has 0 unspecified atom stereocenters. The third kappa shape index (κ3) is 2.08. The number of nitro groups is 2. The summed E-state index contributed by atoms with van der Waals surface area (Å²) in [7, 11) is 0. The first-order valence-corrected chi connectivity index (χ1v) is 4.88. The number of nitro benzene ring substituents is 2. The maximum atomic E-state index is 10.8. The van der Waals surface area contributed by atoms with Gasteiger partial charge in [0.2, 0.25) is 0 Å². The third-order valence-electron chi connectivity index (χ3n) is 2.06. The number of benzene rings is 1. The van der Waals surface area contributed by atoms with Gasteiger partial charge in [-0.05, 0) is 12.2 Å². The molecule has 2 rings (SSSR count). The topological polar surface area (TPSA) is 128 Å². The lowest BCUT2D eigenvalue weighted by Gasteiger charge is -1.98. The lowest BCUT2D eigenvalue weighted by Crippen LogP contribution is -1.95. The van der Waals surface area contributed by atoms with Gasteiger partial charge in [0.1, 0.15) is 5.56 Å². The molecule has 0 radical (unpaired) electrons. The lowest BCUT2D eigenvalue weighted by molar-refractivity contribution is -0.388. The number of hydrogen-bond donors (Lipinski definition) is 1. The molecule has 0 aliphatic rings. The van der Waals surface area contributed by atoms with Crippen LogP contribution < -0.4 is 0 Å². The highest BCUT2D eigenvalue weighted by Gasteiger charge is 2.22. The van der Waals surface area contributed by atoms with Crippen LogP contribution in [-0.4, -0.2) is 20.0 Å². The average Bonchev–Trinajstić information content (AvgIpc) is 2.74. The molecule has 2 aromatic rings. The van der Waals surface area contributed by atoms with E-state index in [0.717, 1.165) is 18.2 Å². The maximum Gasteiger partial charge on any atom is 0.284 e. The van der Waals surface area contributed by atoms with Crippen molar-refractivity contribution in [3.63, 3.8) is 0 Å². The molecular weight excluding hydrogens is 264 g/mol. The van der Waals surface area contributed by atoms with E-state index in [2.05, 4.69) is 22.4 Å². The summed E-state index contributed by atoms with van der Waals surface area (Å²) in [6.45, 7) is 0. The monoisotopic (exact) mass is 268 g/mol. The Morgan fingerprint density at radius 1 is 1.28 bits per heavy atom. The Labute approximate surface area is 103 Å². The first-order valence-electron chi connectivity index (χ1n) is 4.48. The molecule has 1 N–H and O–H groups in total. The molecule has 92 valence electrons. The van der Waals surface area contributed by atoms with Crippen molar-refractivity contribution in [3.8, 4) is 11.5 Å². The van der Waals surface area contributed by atoms with Crippen molar-refractivity contribution < 1.29 is 14.3 Å². The summed E-state index contributed by atoms with van der Waals surface area (Å²) in [5.41, 5.74) is -0.771. The molecule has 0 spiro atoms. The second-order valence-corrected chi connectivity index (χ2v) is 3.50. The fourth-order valence-corrected chi connectivity index (χ4v) is 1.44. The highest BCUT2D eigenvalue weighted by molar-refractivity contribution is 7.71. The van der Waals surface area contributed by atoms with E-state index in [0.29, 0.717) is 0 Å². The van der Waals surface area contributed by atoms with Crippen LogP contribution in [0.2, 0.25) is 0 Å². The van der Waals surface area contributed by atoms with Crippen LogP contribution in [0.1, 0.15) is 0 Å². The summed E-state index contributed by atoms with van der Waals surface area (Å²) in [4.78, 5) is 20.0. The summed E-state index contributed by atoms with van der Waals surface area (Å²) in [5, 5.41) is 27.3. The Hall–Kier alpha value is -2.62. The summed E-state index contributed by atoms with van der Waals surface area (Å²) in [6.07, 6.45) is 0. The SMILES string of the molecule is O=[N+]([O-])c1ccc([N+](=O)[O-])c(-c2n[nH]c(=S)o2)c1. The predicted molar refractivity (Wildman–Crippen MR) is 60.4 cm³/mol. The summed E-state index contributed by atoms with van der Waals surface area (Å²) >= 11 is 4.64. The van der Waals surface area contributed by atoms with Gasteiger partial charge in [0.05, 0.1) is 9.85 Å². The number of hydrogen-bond acceptors (Lipinski definition) is 7. The molecule has 0 bridgehead atoms. The summed E-state index contributed by atoms with van der Waals surface area (Å²) < 4.78 is 4.92. The van der Waals surface area contributed by atoms with E-state index >= 15 is 0 Å². The molecule has 0 fully saturated rings. The van der Waals surface area contributed by atoms with Crippen molar-refractivity contribution >= 4 is 23.6 Å². The van der Waals surface area contributed by atoms with Gasteiger partial charge in [-0.25, -0.2) is 5.10 Å². The second-order valence-electron chi connectivity index (χ2n) is 3.13. The highest BCUT2D eigenvalue weighted by atomic mass is 32.1. The van der Waals surface area contributed by atoms with Gasteiger partial charge in [0.15, 0.2) is 0 Å². The van der Waals surface area contributed by atoms with Gasteiger partial charge in [-0.1, -0.05) is 0 Å². The Bertz CT molecular complexity index is 691. The molecule has 10 heteroatoms. The molecule has 0 saturated heterocycles. The van der Waals surface area contributed by atoms with Crippen molar-refractivity contribution in [2.75, 3.05) is 0 Å². The van der Waals surface area contributed by atoms with E-state index in [-0.39, 0.29) is 27.7 Å². The van der Waals surface area contributed by atoms with Gasteiger partial charge in [-0.2, -0.15) is 0 Å². The molecular formula is C8H4N4O5S. The fourth-order valence-electron chi connectivity index (χ4n) is 1.31. The normalized spacial score (nSPS) is 10.2. The van der Waals surface area contributed by atoms with Gasteiger partial charge in [0.25, 0.3) is 22.1 Å². The number of H-pyrrole nitrogens is 1. The third-order valence-corrected chi connectivity index (χ3v) is 2.23. The number of aromatic nitrogens is 2. The highest BCUT2D eigenvalue weighted by Crippen LogP contribution is 2.31. The van der Waals surface area contributed by atoms with E-state index in [4.69, 9.17) is 4.42 Å². The zero-order valence-corrected chi connectivity index (χ0v) is 9.34. The summed E-state index contributed by atoms with van der Waals surface area (Å²) in [6, 6.07) is 3.05. The van der Waals surface area contributed by atoms with Crippen LogP contribution in [0.5, 0.6) is 0 Å². The Morgan fingerprint density at radius 2 is 2.00 bits per heavy atom. The van der Waals surface area contributed by atoms with Crippen LogP contribution in [0.4, 0.5) is 11.4 Å². The smallest absolute Gasteiger partial charge is 0.284 e. The van der Waals surface area contributed by atoms with Crippen molar-refractivity contribution in [1.82, 2.24) is 10.2 Å². The van der Waals surface area contributed by atoms with Crippen molar-refractivity contribution in [3.05, 3.63) is 43.3 Å². The van der Waals surface area contributed by atoms with E-state index in [1.165, 1.54) is 0 Å². The molecule has 0 atom stereocenters. The van der Waals surface area contributed by atoms with E-state index in [1.807, 2.05) is 0 Å². The van der Waals surface area contributed by atoms with E-state index in [9.17, 15) is 20.2 Å². The second kappa shape index (κ2) is 4.33. The predicted octanol–water partition coefficient (Wildman–Crippen LogP) is 2.22. The fraction of sp³-hybridized carbons (Fsp3) is 0. The van der Waals surface area contributed by atoms with Gasteiger partial charge < -0.3 is 4.42 Å². The first-order chi connectivity index (χ1) is 8.49. The molecule has 0 aliphatic heterocycles. The Morgan fingerprint density at radius 3 is 2.50 bits per heavy atom. The zero-order chi connectivity index (χ0) is 13.3. The Balaban J connectivity index is 2.68. The number of nitrogens with one attached hydrogen (secondary N) is 1. The van der Waals surface area contributed by atoms with Crippen LogP contribution in [0.3, 0.4) is 0 Å². The number of rotatable bonds is 3. The van der Waals surface area contributed by atoms with Crippen LogP contribution in [0.15, 0.2) is 22.6 Å². The maximum absolute atomic E-state index is 10.8. The minimum atomic E-state index is -0.688. The van der Waals surface area contributed by atoms with Crippen molar-refractivity contribution in [2.24, 2.45) is 0 Å². The quantitative estimate of drug-likeness (QED) is 0.513. The largest absolute Gasteiger partial charge is 0.409 e. The van der Waals surface area contributed by atoms with Gasteiger partial charge in [0, 0.05) is 18.2 Å². The van der Waals surface area contributed by atoms with Gasteiger partial charge in [-0.3, -0.25) is 20.2 Å². The van der Waals surface area contributed by atoms with Gasteiger partial charge in [-0.15, -0.1) is 5.10 Å². The van der Waals surface area contributed by atoms with Crippen LogP contribution >= 0.6 is 12.2 Å². The minimum Gasteiger partial charge on any atom is -0.409 e. The number of non-ortho nitro benzene ring substituents is 1. The van der Waals surface area contributed by atoms with Crippen molar-refractivity contribution in [1.29, 1.82) is 0 Å². The lowest BCUT2D eigenvalue weighted by atomic mass is 10.1. The Kier molecular flexibility index (Phi) is 2.85. The molecule has 1 aromatic heterocycles. The number of nitrogens with zero attached hydrogens (tertiary/aromatic N) is 3. The van der Waals surface area contributed by atoms with E-state index < -0.39 is 9.85 Å².